The van der Waals surface area contributed by atoms with Gasteiger partial charge < -0.3 is 10.2 Å². The molecule has 210 valence electrons. The molecule has 8 nitrogen and oxygen atoms in total. The van der Waals surface area contributed by atoms with Gasteiger partial charge in [-0.2, -0.15) is 0 Å². The van der Waals surface area contributed by atoms with Gasteiger partial charge in [0, 0.05) is 31.5 Å². The normalized spacial score (nSPS) is 14.9. The summed E-state index contributed by atoms with van der Waals surface area (Å²) in [7, 11) is -4.06. The highest BCUT2D eigenvalue weighted by Gasteiger charge is 2.41. The van der Waals surface area contributed by atoms with E-state index in [4.69, 9.17) is 0 Å². The summed E-state index contributed by atoms with van der Waals surface area (Å²) < 4.78 is 26.9. The molecule has 0 saturated carbocycles. The van der Waals surface area contributed by atoms with Gasteiger partial charge in [0.25, 0.3) is 15.9 Å². The molecule has 40 heavy (non-hydrogen) atoms. The maximum Gasteiger partial charge on any atom is 0.269 e. The van der Waals surface area contributed by atoms with Crippen molar-refractivity contribution >= 4 is 27.7 Å². The molecular weight excluding hydrogens is 526 g/mol. The molecule has 3 aromatic carbocycles. The number of rotatable bonds is 9. The topological polar surface area (TPSA) is 104 Å². The van der Waals surface area contributed by atoms with Crippen molar-refractivity contribution in [2.75, 3.05) is 6.54 Å². The van der Waals surface area contributed by atoms with Gasteiger partial charge in [-0.15, -0.1) is 0 Å². The highest BCUT2D eigenvalue weighted by molar-refractivity contribution is 7.90. The van der Waals surface area contributed by atoms with Crippen LogP contribution in [0.2, 0.25) is 0 Å². The molecule has 3 aromatic rings. The minimum atomic E-state index is -4.06. The van der Waals surface area contributed by atoms with Crippen LogP contribution in [-0.4, -0.2) is 53.5 Å². The van der Waals surface area contributed by atoms with Crippen LogP contribution in [0.3, 0.4) is 0 Å². The zero-order valence-electron chi connectivity index (χ0n) is 23.3. The second-order valence-electron chi connectivity index (χ2n) is 11.1. The molecule has 1 heterocycles. The van der Waals surface area contributed by atoms with Crippen molar-refractivity contribution in [3.63, 3.8) is 0 Å². The van der Waals surface area contributed by atoms with E-state index in [1.807, 2.05) is 82.3 Å². The molecule has 0 saturated heterocycles. The lowest BCUT2D eigenvalue weighted by atomic mass is 10.00. The number of nitrogens with zero attached hydrogens (tertiary/aromatic N) is 2. The van der Waals surface area contributed by atoms with Gasteiger partial charge >= 0.3 is 0 Å². The highest BCUT2D eigenvalue weighted by Crippen LogP contribution is 2.30. The fourth-order valence-corrected chi connectivity index (χ4v) is 6.38. The van der Waals surface area contributed by atoms with Gasteiger partial charge in [0.05, 0.1) is 5.56 Å². The second kappa shape index (κ2) is 11.6. The highest BCUT2D eigenvalue weighted by atomic mass is 32.2. The van der Waals surface area contributed by atoms with E-state index in [1.165, 1.54) is 17.0 Å². The van der Waals surface area contributed by atoms with E-state index in [-0.39, 0.29) is 42.3 Å². The van der Waals surface area contributed by atoms with Crippen molar-refractivity contribution in [1.82, 2.24) is 14.5 Å². The molecule has 1 N–H and O–H groups in total. The number of carbonyl (C=O) groups is 3. The summed E-state index contributed by atoms with van der Waals surface area (Å²) in [6.07, 6.45) is 0.00551. The van der Waals surface area contributed by atoms with Crippen LogP contribution in [0.1, 0.15) is 54.2 Å². The third-order valence-corrected chi connectivity index (χ3v) is 8.49. The predicted octanol–water partition coefficient (Wildman–Crippen LogP) is 4.08. The Morgan fingerprint density at radius 3 is 2.23 bits per heavy atom. The van der Waals surface area contributed by atoms with E-state index in [9.17, 15) is 22.8 Å². The Bertz CT molecular complexity index is 1510. The number of benzene rings is 3. The Morgan fingerprint density at radius 2 is 1.57 bits per heavy atom. The van der Waals surface area contributed by atoms with Crippen LogP contribution in [0, 0.1) is 6.92 Å². The number of amides is 3. The van der Waals surface area contributed by atoms with Crippen molar-refractivity contribution in [2.24, 2.45) is 0 Å². The summed E-state index contributed by atoms with van der Waals surface area (Å²) in [5.74, 6) is -1.39. The Morgan fingerprint density at radius 1 is 0.925 bits per heavy atom. The first-order chi connectivity index (χ1) is 18.9. The number of sulfonamides is 1. The lowest BCUT2D eigenvalue weighted by molar-refractivity contribution is -0.142. The van der Waals surface area contributed by atoms with Crippen molar-refractivity contribution in [3.8, 4) is 0 Å². The van der Waals surface area contributed by atoms with Crippen molar-refractivity contribution in [1.29, 1.82) is 0 Å². The summed E-state index contributed by atoms with van der Waals surface area (Å²) in [6, 6.07) is 22.3. The standard InChI is InChI=1S/C31H35N3O5S/c1-22-11-10-14-24(19-22)21-33(26(29(36)32-31(2,3)4)20-23-12-6-5-7-13-23)28(35)17-18-34-30(37)25-15-8-9-16-27(25)40(34,38)39/h5-16,19,26H,17-18,20-21H2,1-4H3,(H,32,36)/t26-/m1/s1. The fourth-order valence-electron chi connectivity index (χ4n) is 4.81. The number of aryl methyl sites for hydroxylation is 1. The lowest BCUT2D eigenvalue weighted by Crippen LogP contribution is -2.54. The van der Waals surface area contributed by atoms with Crippen molar-refractivity contribution < 1.29 is 22.8 Å². The van der Waals surface area contributed by atoms with Gasteiger partial charge in [-0.25, -0.2) is 12.7 Å². The third-order valence-electron chi connectivity index (χ3n) is 6.65. The molecule has 1 atom stereocenters. The van der Waals surface area contributed by atoms with E-state index < -0.39 is 33.4 Å². The maximum atomic E-state index is 13.9. The second-order valence-corrected chi connectivity index (χ2v) is 12.9. The van der Waals surface area contributed by atoms with E-state index in [1.54, 1.807) is 12.1 Å². The van der Waals surface area contributed by atoms with Gasteiger partial charge in [-0.05, 0) is 51.0 Å². The average Bonchev–Trinajstić information content (AvgIpc) is 3.09. The minimum Gasteiger partial charge on any atom is -0.350 e. The molecule has 1 aliphatic rings. The zero-order valence-corrected chi connectivity index (χ0v) is 24.1. The SMILES string of the molecule is Cc1cccc(CN(C(=O)CCN2C(=O)c3ccccc3S2(=O)=O)[C@H](Cc2ccccc2)C(=O)NC(C)(C)C)c1. The lowest BCUT2D eigenvalue weighted by Gasteiger charge is -2.34. The van der Waals surface area contributed by atoms with Crippen LogP contribution in [0.15, 0.2) is 83.8 Å². The summed E-state index contributed by atoms with van der Waals surface area (Å²) in [5, 5.41) is 3.01. The quantitative estimate of drug-likeness (QED) is 0.424. The molecule has 0 bridgehead atoms. The first-order valence-electron chi connectivity index (χ1n) is 13.2. The monoisotopic (exact) mass is 561 g/mol. The van der Waals surface area contributed by atoms with Crippen molar-refractivity contribution in [2.45, 2.75) is 63.6 Å². The molecule has 0 aliphatic carbocycles. The zero-order chi connectivity index (χ0) is 29.1. The largest absolute Gasteiger partial charge is 0.350 e. The summed E-state index contributed by atoms with van der Waals surface area (Å²) >= 11 is 0. The molecule has 0 aromatic heterocycles. The first-order valence-corrected chi connectivity index (χ1v) is 14.7. The maximum absolute atomic E-state index is 13.9. The van der Waals surface area contributed by atoms with E-state index in [0.717, 1.165) is 21.0 Å². The molecule has 3 amide bonds. The Kier molecular flexibility index (Phi) is 8.44. The number of hydrogen-bond donors (Lipinski definition) is 1. The number of nitrogens with one attached hydrogen (secondary N) is 1. The Balaban J connectivity index is 1.65. The fraction of sp³-hybridized carbons (Fsp3) is 0.323. The molecule has 0 fully saturated rings. The first kappa shape index (κ1) is 29.0. The van der Waals surface area contributed by atoms with Gasteiger partial charge in [0.15, 0.2) is 0 Å². The average molecular weight is 562 g/mol. The molecule has 0 spiro atoms. The molecule has 1 aliphatic heterocycles. The molecule has 9 heteroatoms. The van der Waals surface area contributed by atoms with E-state index in [2.05, 4.69) is 5.32 Å². The van der Waals surface area contributed by atoms with Crippen LogP contribution in [0.5, 0.6) is 0 Å². The number of carbonyl (C=O) groups excluding carboxylic acids is 3. The van der Waals surface area contributed by atoms with E-state index in [0.29, 0.717) is 0 Å². The molecule has 0 unspecified atom stereocenters. The van der Waals surface area contributed by atoms with Gasteiger partial charge in [0.1, 0.15) is 10.9 Å². The molecular formula is C31H35N3O5S. The van der Waals surface area contributed by atoms with Crippen LogP contribution >= 0.6 is 0 Å². The third kappa shape index (κ3) is 6.59. The smallest absolute Gasteiger partial charge is 0.269 e. The Labute approximate surface area is 236 Å². The number of hydrogen-bond acceptors (Lipinski definition) is 5. The van der Waals surface area contributed by atoms with Crippen LogP contribution in [0.25, 0.3) is 0 Å². The minimum absolute atomic E-state index is 0.0597. The molecule has 4 rings (SSSR count). The van der Waals surface area contributed by atoms with Crippen LogP contribution in [0.4, 0.5) is 0 Å². The summed E-state index contributed by atoms with van der Waals surface area (Å²) in [5.41, 5.74) is 2.29. The van der Waals surface area contributed by atoms with Gasteiger partial charge in [0.2, 0.25) is 11.8 Å². The number of fused-ring (bicyclic) bond motifs is 1. The summed E-state index contributed by atoms with van der Waals surface area (Å²) in [6.45, 7) is 7.40. The Hall–Kier alpha value is -3.98. The van der Waals surface area contributed by atoms with Crippen LogP contribution in [-0.2, 0) is 32.6 Å². The summed E-state index contributed by atoms with van der Waals surface area (Å²) in [4.78, 5) is 41.9. The van der Waals surface area contributed by atoms with Gasteiger partial charge in [-0.3, -0.25) is 14.4 Å². The molecule has 0 radical (unpaired) electrons. The van der Waals surface area contributed by atoms with Gasteiger partial charge in [-0.1, -0.05) is 72.3 Å². The van der Waals surface area contributed by atoms with Crippen LogP contribution < -0.4 is 5.32 Å². The van der Waals surface area contributed by atoms with Crippen molar-refractivity contribution in [3.05, 3.63) is 101 Å². The van der Waals surface area contributed by atoms with E-state index >= 15 is 0 Å². The predicted molar refractivity (Wildman–Crippen MR) is 153 cm³/mol.